The molecule has 3 heteroatoms. The molecule has 0 aromatic carbocycles. The highest BCUT2D eigenvalue weighted by Crippen LogP contribution is 2.14. The third-order valence-electron chi connectivity index (χ3n) is 3.56. The number of hydrogen-bond acceptors (Lipinski definition) is 3. The number of hydrogen-bond donors (Lipinski definition) is 1. The zero-order valence-corrected chi connectivity index (χ0v) is 12.7. The SMILES string of the molecule is CCSCCCN(CC1CCCNC1)C(C)C. The topological polar surface area (TPSA) is 15.3 Å². The Bertz CT molecular complexity index is 179. The minimum atomic E-state index is 0.698. The van der Waals surface area contributed by atoms with E-state index in [1.807, 2.05) is 0 Å². The quantitative estimate of drug-likeness (QED) is 0.674. The second-order valence-electron chi connectivity index (χ2n) is 5.35. The zero-order valence-electron chi connectivity index (χ0n) is 11.9. The molecule has 0 spiro atoms. The van der Waals surface area contributed by atoms with Gasteiger partial charge in [-0.05, 0) is 70.2 Å². The van der Waals surface area contributed by atoms with Crippen LogP contribution in [0.2, 0.25) is 0 Å². The molecule has 0 amide bonds. The van der Waals surface area contributed by atoms with Crippen molar-refractivity contribution in [1.82, 2.24) is 10.2 Å². The van der Waals surface area contributed by atoms with Crippen molar-refractivity contribution in [3.63, 3.8) is 0 Å². The largest absolute Gasteiger partial charge is 0.316 e. The van der Waals surface area contributed by atoms with Crippen LogP contribution in [0.3, 0.4) is 0 Å². The van der Waals surface area contributed by atoms with E-state index in [9.17, 15) is 0 Å². The molecule has 1 saturated heterocycles. The fourth-order valence-corrected chi connectivity index (χ4v) is 3.11. The molecule has 0 saturated carbocycles. The second-order valence-corrected chi connectivity index (χ2v) is 6.75. The molecule has 2 nitrogen and oxygen atoms in total. The molecule has 1 unspecified atom stereocenters. The van der Waals surface area contributed by atoms with Gasteiger partial charge in [-0.3, -0.25) is 0 Å². The first-order valence-corrected chi connectivity index (χ1v) is 8.42. The van der Waals surface area contributed by atoms with Gasteiger partial charge in [-0.15, -0.1) is 0 Å². The van der Waals surface area contributed by atoms with E-state index in [0.717, 1.165) is 5.92 Å². The van der Waals surface area contributed by atoms with E-state index in [0.29, 0.717) is 6.04 Å². The zero-order chi connectivity index (χ0) is 12.5. The second kappa shape index (κ2) is 9.23. The highest BCUT2D eigenvalue weighted by molar-refractivity contribution is 7.99. The van der Waals surface area contributed by atoms with Gasteiger partial charge >= 0.3 is 0 Å². The molecule has 17 heavy (non-hydrogen) atoms. The van der Waals surface area contributed by atoms with Gasteiger partial charge in [0.05, 0.1) is 0 Å². The summed E-state index contributed by atoms with van der Waals surface area (Å²) < 4.78 is 0. The van der Waals surface area contributed by atoms with Gasteiger partial charge in [0.15, 0.2) is 0 Å². The Morgan fingerprint density at radius 2 is 2.24 bits per heavy atom. The minimum Gasteiger partial charge on any atom is -0.316 e. The molecule has 0 aliphatic carbocycles. The van der Waals surface area contributed by atoms with Gasteiger partial charge in [0.25, 0.3) is 0 Å². The highest BCUT2D eigenvalue weighted by Gasteiger charge is 2.18. The summed E-state index contributed by atoms with van der Waals surface area (Å²) in [6, 6.07) is 0.698. The highest BCUT2D eigenvalue weighted by atomic mass is 32.2. The molecule has 0 radical (unpaired) electrons. The predicted molar refractivity (Wildman–Crippen MR) is 79.9 cm³/mol. The summed E-state index contributed by atoms with van der Waals surface area (Å²) >= 11 is 2.07. The van der Waals surface area contributed by atoms with Crippen LogP contribution < -0.4 is 5.32 Å². The summed E-state index contributed by atoms with van der Waals surface area (Å²) in [5, 5.41) is 3.52. The lowest BCUT2D eigenvalue weighted by Crippen LogP contribution is -2.41. The third-order valence-corrected chi connectivity index (χ3v) is 4.55. The summed E-state index contributed by atoms with van der Waals surface area (Å²) in [7, 11) is 0. The molecule has 102 valence electrons. The molecule has 0 aromatic heterocycles. The first-order chi connectivity index (χ1) is 8.24. The van der Waals surface area contributed by atoms with E-state index in [-0.39, 0.29) is 0 Å². The molecule has 1 rings (SSSR count). The Balaban J connectivity index is 2.21. The predicted octanol–water partition coefficient (Wildman–Crippen LogP) is 2.84. The molecular formula is C14H30N2S. The van der Waals surface area contributed by atoms with Crippen molar-refractivity contribution < 1.29 is 0 Å². The van der Waals surface area contributed by atoms with E-state index in [2.05, 4.69) is 42.7 Å². The van der Waals surface area contributed by atoms with Gasteiger partial charge in [-0.25, -0.2) is 0 Å². The van der Waals surface area contributed by atoms with Crippen LogP contribution in [-0.4, -0.2) is 48.6 Å². The van der Waals surface area contributed by atoms with Crippen molar-refractivity contribution in [3.05, 3.63) is 0 Å². The molecule has 1 aliphatic rings. The Kier molecular flexibility index (Phi) is 8.33. The number of rotatable bonds is 8. The average molecular weight is 258 g/mol. The number of nitrogens with zero attached hydrogens (tertiary/aromatic N) is 1. The Labute approximate surface area is 112 Å². The molecule has 1 N–H and O–H groups in total. The van der Waals surface area contributed by atoms with Crippen molar-refractivity contribution >= 4 is 11.8 Å². The van der Waals surface area contributed by atoms with Crippen molar-refractivity contribution in [2.24, 2.45) is 5.92 Å². The summed E-state index contributed by atoms with van der Waals surface area (Å²) in [5.74, 6) is 3.46. The normalized spacial score (nSPS) is 21.4. The molecule has 1 atom stereocenters. The maximum absolute atomic E-state index is 3.52. The van der Waals surface area contributed by atoms with E-state index >= 15 is 0 Å². The van der Waals surface area contributed by atoms with Crippen molar-refractivity contribution in [2.45, 2.75) is 46.1 Å². The van der Waals surface area contributed by atoms with E-state index in [1.54, 1.807) is 0 Å². The maximum Gasteiger partial charge on any atom is 0.00387 e. The van der Waals surface area contributed by atoms with Gasteiger partial charge in [-0.1, -0.05) is 6.92 Å². The Hall–Kier alpha value is 0.270. The van der Waals surface area contributed by atoms with Crippen LogP contribution in [-0.2, 0) is 0 Å². The number of thioether (sulfide) groups is 1. The fourth-order valence-electron chi connectivity index (χ4n) is 2.49. The van der Waals surface area contributed by atoms with Gasteiger partial charge < -0.3 is 10.2 Å². The van der Waals surface area contributed by atoms with E-state index in [1.165, 1.54) is 56.9 Å². The lowest BCUT2D eigenvalue weighted by Gasteiger charge is -2.32. The first kappa shape index (κ1) is 15.3. The van der Waals surface area contributed by atoms with Crippen molar-refractivity contribution in [2.75, 3.05) is 37.7 Å². The number of piperidine rings is 1. The van der Waals surface area contributed by atoms with E-state index < -0.39 is 0 Å². The lowest BCUT2D eigenvalue weighted by molar-refractivity contribution is 0.172. The van der Waals surface area contributed by atoms with Crippen LogP contribution in [0, 0.1) is 5.92 Å². The Morgan fingerprint density at radius 1 is 1.41 bits per heavy atom. The van der Waals surface area contributed by atoms with Gasteiger partial charge in [-0.2, -0.15) is 11.8 Å². The summed E-state index contributed by atoms with van der Waals surface area (Å²) in [5.41, 5.74) is 0. The van der Waals surface area contributed by atoms with Gasteiger partial charge in [0, 0.05) is 12.6 Å². The molecule has 0 aromatic rings. The van der Waals surface area contributed by atoms with Crippen LogP contribution in [0.15, 0.2) is 0 Å². The minimum absolute atomic E-state index is 0.698. The van der Waals surface area contributed by atoms with Crippen LogP contribution in [0.5, 0.6) is 0 Å². The van der Waals surface area contributed by atoms with Gasteiger partial charge in [0.2, 0.25) is 0 Å². The van der Waals surface area contributed by atoms with Crippen LogP contribution in [0.25, 0.3) is 0 Å². The smallest absolute Gasteiger partial charge is 0.00387 e. The van der Waals surface area contributed by atoms with Crippen molar-refractivity contribution in [1.29, 1.82) is 0 Å². The molecule has 1 heterocycles. The standard InChI is InChI=1S/C14H30N2S/c1-4-17-10-6-9-16(13(2)3)12-14-7-5-8-15-11-14/h13-15H,4-12H2,1-3H3. The maximum atomic E-state index is 3.52. The van der Waals surface area contributed by atoms with Crippen LogP contribution in [0.4, 0.5) is 0 Å². The first-order valence-electron chi connectivity index (χ1n) is 7.26. The van der Waals surface area contributed by atoms with Gasteiger partial charge in [0.1, 0.15) is 0 Å². The van der Waals surface area contributed by atoms with Crippen molar-refractivity contribution in [3.8, 4) is 0 Å². The third kappa shape index (κ3) is 6.68. The van der Waals surface area contributed by atoms with Crippen LogP contribution in [0.1, 0.15) is 40.0 Å². The molecule has 1 aliphatic heterocycles. The molecular weight excluding hydrogens is 228 g/mol. The molecule has 1 fully saturated rings. The van der Waals surface area contributed by atoms with Crippen LogP contribution >= 0.6 is 11.8 Å². The van der Waals surface area contributed by atoms with E-state index in [4.69, 9.17) is 0 Å². The summed E-state index contributed by atoms with van der Waals surface area (Å²) in [4.78, 5) is 2.67. The monoisotopic (exact) mass is 258 g/mol. The summed E-state index contributed by atoms with van der Waals surface area (Å²) in [6.45, 7) is 12.0. The number of nitrogens with one attached hydrogen (secondary N) is 1. The fraction of sp³-hybridized carbons (Fsp3) is 1.00. The Morgan fingerprint density at radius 3 is 2.82 bits per heavy atom. The molecule has 0 bridgehead atoms. The summed E-state index contributed by atoms with van der Waals surface area (Å²) in [6.07, 6.45) is 4.12. The lowest BCUT2D eigenvalue weighted by atomic mass is 9.98. The average Bonchev–Trinajstić information content (AvgIpc) is 2.34.